The Balaban J connectivity index is 1.23. The number of carbonyl (C=O) groups is 2. The Morgan fingerprint density at radius 1 is 1.12 bits per heavy atom. The number of likely N-dealkylation sites (tertiary alicyclic amines) is 1. The third-order valence-corrected chi connectivity index (χ3v) is 6.41. The van der Waals surface area contributed by atoms with Crippen molar-refractivity contribution in [2.75, 3.05) is 33.9 Å². The second-order valence-corrected chi connectivity index (χ2v) is 8.62. The van der Waals surface area contributed by atoms with E-state index < -0.39 is 0 Å². The SMILES string of the molecule is COc1ccc(CCN2CC(C(=O)NCCCn3c(C)nc4ccccc43)CC2=O)cc1OC. The fraction of sp³-hybridized carbons (Fsp3) is 0.423. The molecule has 2 aromatic carbocycles. The summed E-state index contributed by atoms with van der Waals surface area (Å²) in [5.74, 6) is 2.00. The first-order valence-electron chi connectivity index (χ1n) is 11.7. The third kappa shape index (κ3) is 5.16. The van der Waals surface area contributed by atoms with E-state index >= 15 is 0 Å². The lowest BCUT2D eigenvalue weighted by atomic mass is 10.1. The number of para-hydroxylation sites is 2. The fourth-order valence-corrected chi connectivity index (χ4v) is 4.54. The summed E-state index contributed by atoms with van der Waals surface area (Å²) in [7, 11) is 3.21. The van der Waals surface area contributed by atoms with Gasteiger partial charge in [-0.15, -0.1) is 0 Å². The van der Waals surface area contributed by atoms with Gasteiger partial charge in [-0.25, -0.2) is 4.98 Å². The first-order valence-corrected chi connectivity index (χ1v) is 11.7. The first-order chi connectivity index (χ1) is 16.5. The number of methoxy groups -OCH3 is 2. The number of hydrogen-bond donors (Lipinski definition) is 1. The average Bonchev–Trinajstić information content (AvgIpc) is 3.38. The molecule has 1 saturated heterocycles. The smallest absolute Gasteiger partial charge is 0.225 e. The summed E-state index contributed by atoms with van der Waals surface area (Å²) < 4.78 is 12.8. The highest BCUT2D eigenvalue weighted by Crippen LogP contribution is 2.28. The molecule has 2 amide bonds. The fourth-order valence-electron chi connectivity index (χ4n) is 4.54. The molecule has 3 aromatic rings. The van der Waals surface area contributed by atoms with E-state index in [9.17, 15) is 9.59 Å². The number of ether oxygens (including phenoxy) is 2. The van der Waals surface area contributed by atoms with Crippen LogP contribution in [0.25, 0.3) is 11.0 Å². The number of aryl methyl sites for hydroxylation is 2. The van der Waals surface area contributed by atoms with Gasteiger partial charge in [-0.2, -0.15) is 0 Å². The molecule has 1 aromatic heterocycles. The number of benzene rings is 2. The van der Waals surface area contributed by atoms with E-state index in [2.05, 4.69) is 20.9 Å². The lowest BCUT2D eigenvalue weighted by Crippen LogP contribution is -2.34. The lowest BCUT2D eigenvalue weighted by molar-refractivity contribution is -0.129. The van der Waals surface area contributed by atoms with E-state index in [4.69, 9.17) is 9.47 Å². The molecule has 0 radical (unpaired) electrons. The summed E-state index contributed by atoms with van der Waals surface area (Å²) in [5.41, 5.74) is 3.15. The summed E-state index contributed by atoms with van der Waals surface area (Å²) >= 11 is 0. The van der Waals surface area contributed by atoms with Crippen molar-refractivity contribution in [3.63, 3.8) is 0 Å². The number of carbonyl (C=O) groups excluding carboxylic acids is 2. The first kappa shape index (κ1) is 23.6. The Labute approximate surface area is 199 Å². The minimum atomic E-state index is -0.297. The van der Waals surface area contributed by atoms with Gasteiger partial charge in [-0.1, -0.05) is 18.2 Å². The van der Waals surface area contributed by atoms with Crippen LogP contribution < -0.4 is 14.8 Å². The van der Waals surface area contributed by atoms with Crippen molar-refractivity contribution in [2.45, 2.75) is 32.7 Å². The van der Waals surface area contributed by atoms with E-state index in [0.717, 1.165) is 35.4 Å². The van der Waals surface area contributed by atoms with Crippen molar-refractivity contribution in [3.05, 3.63) is 53.9 Å². The van der Waals surface area contributed by atoms with Gasteiger partial charge in [0.25, 0.3) is 0 Å². The highest BCUT2D eigenvalue weighted by molar-refractivity contribution is 5.89. The third-order valence-electron chi connectivity index (χ3n) is 6.41. The van der Waals surface area contributed by atoms with E-state index in [1.165, 1.54) is 0 Å². The zero-order chi connectivity index (χ0) is 24.1. The molecule has 0 spiro atoms. The number of fused-ring (bicyclic) bond motifs is 1. The van der Waals surface area contributed by atoms with Crippen LogP contribution in [0.5, 0.6) is 11.5 Å². The molecule has 8 nitrogen and oxygen atoms in total. The van der Waals surface area contributed by atoms with Crippen molar-refractivity contribution >= 4 is 22.8 Å². The minimum absolute atomic E-state index is 0.0288. The van der Waals surface area contributed by atoms with Crippen LogP contribution in [-0.2, 0) is 22.6 Å². The number of nitrogens with zero attached hydrogens (tertiary/aromatic N) is 3. The summed E-state index contributed by atoms with van der Waals surface area (Å²) in [4.78, 5) is 31.5. The topological polar surface area (TPSA) is 85.7 Å². The van der Waals surface area contributed by atoms with E-state index in [1.54, 1.807) is 19.1 Å². The number of aromatic nitrogens is 2. The van der Waals surface area contributed by atoms with Gasteiger partial charge >= 0.3 is 0 Å². The van der Waals surface area contributed by atoms with Gasteiger partial charge in [0.2, 0.25) is 11.8 Å². The number of rotatable bonds is 10. The molecular weight excluding hydrogens is 432 g/mol. The quantitative estimate of drug-likeness (QED) is 0.466. The van der Waals surface area contributed by atoms with Crippen molar-refractivity contribution in [1.82, 2.24) is 19.8 Å². The van der Waals surface area contributed by atoms with Crippen molar-refractivity contribution < 1.29 is 19.1 Å². The summed E-state index contributed by atoms with van der Waals surface area (Å²) in [6.07, 6.45) is 1.76. The molecule has 180 valence electrons. The molecule has 34 heavy (non-hydrogen) atoms. The van der Waals surface area contributed by atoms with Crippen molar-refractivity contribution in [2.24, 2.45) is 5.92 Å². The molecule has 2 heterocycles. The number of hydrogen-bond acceptors (Lipinski definition) is 5. The molecule has 0 bridgehead atoms. The van der Waals surface area contributed by atoms with Gasteiger partial charge in [-0.3, -0.25) is 9.59 Å². The molecule has 1 fully saturated rings. The lowest BCUT2D eigenvalue weighted by Gasteiger charge is -2.17. The Bertz CT molecular complexity index is 1170. The molecule has 1 aliphatic rings. The van der Waals surface area contributed by atoms with E-state index in [-0.39, 0.29) is 24.2 Å². The Morgan fingerprint density at radius 2 is 1.91 bits per heavy atom. The largest absolute Gasteiger partial charge is 0.493 e. The second-order valence-electron chi connectivity index (χ2n) is 8.62. The maximum absolute atomic E-state index is 12.7. The van der Waals surface area contributed by atoms with Gasteiger partial charge in [0, 0.05) is 32.6 Å². The molecule has 8 heteroatoms. The Hall–Kier alpha value is -3.55. The van der Waals surface area contributed by atoms with Crippen LogP contribution in [0, 0.1) is 12.8 Å². The van der Waals surface area contributed by atoms with Crippen LogP contribution in [0.15, 0.2) is 42.5 Å². The van der Waals surface area contributed by atoms with E-state index in [1.807, 2.05) is 43.3 Å². The molecule has 0 saturated carbocycles. The highest BCUT2D eigenvalue weighted by Gasteiger charge is 2.33. The maximum atomic E-state index is 12.7. The van der Waals surface area contributed by atoms with Gasteiger partial charge in [-0.05, 0) is 49.6 Å². The van der Waals surface area contributed by atoms with Crippen LogP contribution in [0.2, 0.25) is 0 Å². The van der Waals surface area contributed by atoms with Gasteiger partial charge in [0.05, 0.1) is 31.2 Å². The van der Waals surface area contributed by atoms with Gasteiger partial charge in [0.1, 0.15) is 5.82 Å². The average molecular weight is 465 g/mol. The second kappa shape index (κ2) is 10.6. The normalized spacial score (nSPS) is 15.7. The Morgan fingerprint density at radius 3 is 2.71 bits per heavy atom. The molecule has 1 aliphatic heterocycles. The van der Waals surface area contributed by atoms with Crippen LogP contribution in [0.3, 0.4) is 0 Å². The zero-order valence-corrected chi connectivity index (χ0v) is 20.0. The zero-order valence-electron chi connectivity index (χ0n) is 20.0. The molecule has 1 atom stereocenters. The highest BCUT2D eigenvalue weighted by atomic mass is 16.5. The number of nitrogens with one attached hydrogen (secondary N) is 1. The van der Waals surface area contributed by atoms with Crippen LogP contribution in [0.4, 0.5) is 0 Å². The van der Waals surface area contributed by atoms with Gasteiger partial charge < -0.3 is 24.3 Å². The molecule has 1 N–H and O–H groups in total. The maximum Gasteiger partial charge on any atom is 0.225 e. The summed E-state index contributed by atoms with van der Waals surface area (Å²) in [5, 5.41) is 3.02. The monoisotopic (exact) mass is 464 g/mol. The summed E-state index contributed by atoms with van der Waals surface area (Å²) in [6.45, 7) is 4.39. The predicted molar refractivity (Wildman–Crippen MR) is 130 cm³/mol. The van der Waals surface area contributed by atoms with Crippen molar-refractivity contribution in [3.8, 4) is 11.5 Å². The number of amides is 2. The molecule has 1 unspecified atom stereocenters. The minimum Gasteiger partial charge on any atom is -0.493 e. The molecular formula is C26H32N4O4. The van der Waals surface area contributed by atoms with Crippen molar-refractivity contribution in [1.29, 1.82) is 0 Å². The molecule has 0 aliphatic carbocycles. The summed E-state index contributed by atoms with van der Waals surface area (Å²) in [6, 6.07) is 13.8. The van der Waals surface area contributed by atoms with Crippen LogP contribution in [-0.4, -0.2) is 60.1 Å². The van der Waals surface area contributed by atoms with Crippen LogP contribution >= 0.6 is 0 Å². The number of imidazole rings is 1. The Kier molecular flexibility index (Phi) is 7.35. The standard InChI is InChI=1S/C26H32N4O4/c1-18-28-21-7-4-5-8-22(21)30(18)13-6-12-27-26(32)20-16-25(31)29(17-20)14-11-19-9-10-23(33-2)24(15-19)34-3/h4-5,7-10,15,20H,6,11-14,16-17H2,1-3H3,(H,27,32). The molecule has 4 rings (SSSR count). The van der Waals surface area contributed by atoms with Gasteiger partial charge in [0.15, 0.2) is 11.5 Å². The predicted octanol–water partition coefficient (Wildman–Crippen LogP) is 2.96. The van der Waals surface area contributed by atoms with E-state index in [0.29, 0.717) is 37.6 Å². The van der Waals surface area contributed by atoms with Crippen LogP contribution in [0.1, 0.15) is 24.2 Å².